The van der Waals surface area contributed by atoms with Gasteiger partial charge in [-0.3, -0.25) is 4.68 Å². The van der Waals surface area contributed by atoms with Crippen molar-refractivity contribution in [3.8, 4) is 0 Å². The maximum atomic E-state index is 5.97. The lowest BCUT2D eigenvalue weighted by atomic mass is 10.1. The van der Waals surface area contributed by atoms with E-state index in [-0.39, 0.29) is 0 Å². The predicted octanol–water partition coefficient (Wildman–Crippen LogP) is 2.03. The molecule has 2 rings (SSSR count). The van der Waals surface area contributed by atoms with Gasteiger partial charge in [-0.25, -0.2) is 0 Å². The molecule has 0 bridgehead atoms. The van der Waals surface area contributed by atoms with E-state index in [1.807, 2.05) is 23.5 Å². The molecule has 114 valence electrons. The van der Waals surface area contributed by atoms with Crippen molar-refractivity contribution in [3.63, 3.8) is 0 Å². The van der Waals surface area contributed by atoms with Crippen LogP contribution < -0.4 is 5.32 Å². The second kappa shape index (κ2) is 8.05. The molecule has 1 aromatic heterocycles. The van der Waals surface area contributed by atoms with Gasteiger partial charge in [0, 0.05) is 36.7 Å². The molecule has 2 heterocycles. The Hall–Kier alpha value is -0.520. The van der Waals surface area contributed by atoms with Gasteiger partial charge in [0.05, 0.1) is 18.4 Å². The van der Waals surface area contributed by atoms with E-state index in [4.69, 9.17) is 4.74 Å². The summed E-state index contributed by atoms with van der Waals surface area (Å²) in [7, 11) is 2.04. The smallest absolute Gasteiger partial charge is 0.0822 e. The highest BCUT2D eigenvalue weighted by atomic mass is 32.2. The molecule has 1 aliphatic rings. The van der Waals surface area contributed by atoms with Crippen molar-refractivity contribution in [1.29, 1.82) is 0 Å². The second-order valence-electron chi connectivity index (χ2n) is 5.35. The summed E-state index contributed by atoms with van der Waals surface area (Å²) in [5, 5.41) is 8.21. The van der Waals surface area contributed by atoms with Crippen LogP contribution in [0.25, 0.3) is 0 Å². The standard InChI is InChI=1S/C15H27N3OS/c1-4-6-16-14(15-11-20-8-7-19-15)10-13-9-12(5-2)17-18(13)3/h9,14-16H,4-8,10-11H2,1-3H3. The van der Waals surface area contributed by atoms with E-state index in [0.29, 0.717) is 12.1 Å². The molecular formula is C15H27N3OS. The van der Waals surface area contributed by atoms with Gasteiger partial charge in [-0.1, -0.05) is 13.8 Å². The van der Waals surface area contributed by atoms with Gasteiger partial charge < -0.3 is 10.1 Å². The SMILES string of the molecule is CCCNC(Cc1cc(CC)nn1C)C1CSCCO1. The summed E-state index contributed by atoms with van der Waals surface area (Å²) in [5.41, 5.74) is 2.48. The Bertz CT molecular complexity index is 402. The number of nitrogens with zero attached hydrogens (tertiary/aromatic N) is 2. The van der Waals surface area contributed by atoms with Crippen LogP contribution in [0.5, 0.6) is 0 Å². The summed E-state index contributed by atoms with van der Waals surface area (Å²) < 4.78 is 7.99. The number of aryl methyl sites for hydroxylation is 2. The second-order valence-corrected chi connectivity index (χ2v) is 6.50. The molecule has 1 N–H and O–H groups in total. The zero-order valence-corrected chi connectivity index (χ0v) is 13.7. The predicted molar refractivity (Wildman–Crippen MR) is 85.4 cm³/mol. The van der Waals surface area contributed by atoms with Crippen LogP contribution in [-0.4, -0.2) is 46.6 Å². The first kappa shape index (κ1) is 15.9. The third-order valence-corrected chi connectivity index (χ3v) is 4.79. The van der Waals surface area contributed by atoms with E-state index in [0.717, 1.165) is 43.9 Å². The molecule has 1 aromatic rings. The highest BCUT2D eigenvalue weighted by Crippen LogP contribution is 2.18. The zero-order valence-electron chi connectivity index (χ0n) is 12.9. The van der Waals surface area contributed by atoms with Crippen molar-refractivity contribution >= 4 is 11.8 Å². The topological polar surface area (TPSA) is 39.1 Å². The third-order valence-electron chi connectivity index (χ3n) is 3.77. The van der Waals surface area contributed by atoms with Crippen LogP contribution in [-0.2, 0) is 24.6 Å². The molecule has 1 aliphatic heterocycles. The van der Waals surface area contributed by atoms with E-state index < -0.39 is 0 Å². The van der Waals surface area contributed by atoms with Crippen molar-refractivity contribution in [3.05, 3.63) is 17.5 Å². The van der Waals surface area contributed by atoms with Crippen LogP contribution in [0.2, 0.25) is 0 Å². The maximum absolute atomic E-state index is 5.97. The molecule has 0 aromatic carbocycles. The van der Waals surface area contributed by atoms with Crippen LogP contribution >= 0.6 is 11.8 Å². The number of thioether (sulfide) groups is 1. The van der Waals surface area contributed by atoms with Crippen LogP contribution in [0.3, 0.4) is 0 Å². The van der Waals surface area contributed by atoms with E-state index in [1.54, 1.807) is 0 Å². The fourth-order valence-corrected chi connectivity index (χ4v) is 3.51. The molecule has 0 aliphatic carbocycles. The largest absolute Gasteiger partial charge is 0.375 e. The van der Waals surface area contributed by atoms with Gasteiger partial charge in [0.15, 0.2) is 0 Å². The first-order valence-electron chi connectivity index (χ1n) is 7.69. The summed E-state index contributed by atoms with van der Waals surface area (Å²) in [5.74, 6) is 2.22. The molecule has 0 saturated carbocycles. The van der Waals surface area contributed by atoms with E-state index in [9.17, 15) is 0 Å². The molecule has 0 spiro atoms. The highest BCUT2D eigenvalue weighted by Gasteiger charge is 2.25. The molecule has 1 saturated heterocycles. The first-order chi connectivity index (χ1) is 9.74. The average molecular weight is 297 g/mol. The van der Waals surface area contributed by atoms with Crippen LogP contribution in [0, 0.1) is 0 Å². The summed E-state index contributed by atoms with van der Waals surface area (Å²) in [4.78, 5) is 0. The minimum absolute atomic E-state index is 0.320. The lowest BCUT2D eigenvalue weighted by Gasteiger charge is -2.31. The molecule has 5 heteroatoms. The Balaban J connectivity index is 2.03. The number of nitrogens with one attached hydrogen (secondary N) is 1. The van der Waals surface area contributed by atoms with Crippen molar-refractivity contribution in [1.82, 2.24) is 15.1 Å². The van der Waals surface area contributed by atoms with Gasteiger partial charge >= 0.3 is 0 Å². The Morgan fingerprint density at radius 3 is 3.00 bits per heavy atom. The molecule has 0 amide bonds. The van der Waals surface area contributed by atoms with Gasteiger partial charge in [0.1, 0.15) is 0 Å². The minimum atomic E-state index is 0.320. The average Bonchev–Trinajstić information content (AvgIpc) is 2.84. The zero-order chi connectivity index (χ0) is 14.4. The lowest BCUT2D eigenvalue weighted by Crippen LogP contribution is -2.46. The molecule has 4 nitrogen and oxygen atoms in total. The van der Waals surface area contributed by atoms with Crippen molar-refractivity contribution < 1.29 is 4.74 Å². The molecule has 0 radical (unpaired) electrons. The van der Waals surface area contributed by atoms with Gasteiger partial charge in [0.25, 0.3) is 0 Å². The van der Waals surface area contributed by atoms with Crippen molar-refractivity contribution in [2.45, 2.75) is 45.3 Å². The van der Waals surface area contributed by atoms with Gasteiger partial charge in [-0.05, 0) is 25.5 Å². The molecule has 2 unspecified atom stereocenters. The van der Waals surface area contributed by atoms with Gasteiger partial charge in [-0.2, -0.15) is 16.9 Å². The Labute approximate surface area is 126 Å². The summed E-state index contributed by atoms with van der Waals surface area (Å²) in [6, 6.07) is 2.62. The summed E-state index contributed by atoms with van der Waals surface area (Å²) in [6.07, 6.45) is 3.47. The highest BCUT2D eigenvalue weighted by molar-refractivity contribution is 7.99. The van der Waals surface area contributed by atoms with Crippen LogP contribution in [0.15, 0.2) is 6.07 Å². The Kier molecular flexibility index (Phi) is 6.39. The Morgan fingerprint density at radius 1 is 1.55 bits per heavy atom. The monoisotopic (exact) mass is 297 g/mol. The van der Waals surface area contributed by atoms with E-state index >= 15 is 0 Å². The summed E-state index contributed by atoms with van der Waals surface area (Å²) >= 11 is 2.00. The first-order valence-corrected chi connectivity index (χ1v) is 8.84. The summed E-state index contributed by atoms with van der Waals surface area (Å²) in [6.45, 7) is 6.29. The van der Waals surface area contributed by atoms with E-state index in [1.165, 1.54) is 11.4 Å². The molecule has 20 heavy (non-hydrogen) atoms. The van der Waals surface area contributed by atoms with E-state index in [2.05, 4.69) is 30.3 Å². The number of aromatic nitrogens is 2. The number of hydrogen-bond donors (Lipinski definition) is 1. The normalized spacial score (nSPS) is 21.1. The quantitative estimate of drug-likeness (QED) is 0.836. The Morgan fingerprint density at radius 2 is 2.40 bits per heavy atom. The molecule has 2 atom stereocenters. The van der Waals surface area contributed by atoms with Gasteiger partial charge in [-0.15, -0.1) is 0 Å². The third kappa shape index (κ3) is 4.24. The maximum Gasteiger partial charge on any atom is 0.0822 e. The minimum Gasteiger partial charge on any atom is -0.375 e. The number of hydrogen-bond acceptors (Lipinski definition) is 4. The van der Waals surface area contributed by atoms with Gasteiger partial charge in [0.2, 0.25) is 0 Å². The number of rotatable bonds is 7. The van der Waals surface area contributed by atoms with Crippen LogP contribution in [0.4, 0.5) is 0 Å². The fraction of sp³-hybridized carbons (Fsp3) is 0.800. The van der Waals surface area contributed by atoms with Crippen LogP contribution in [0.1, 0.15) is 31.7 Å². The molecular weight excluding hydrogens is 270 g/mol. The molecule has 1 fully saturated rings. The van der Waals surface area contributed by atoms with Crippen molar-refractivity contribution in [2.75, 3.05) is 24.7 Å². The lowest BCUT2D eigenvalue weighted by molar-refractivity contribution is 0.0467. The number of ether oxygens (including phenoxy) is 1. The fourth-order valence-electron chi connectivity index (χ4n) is 2.56. The van der Waals surface area contributed by atoms with Crippen molar-refractivity contribution in [2.24, 2.45) is 7.05 Å².